The number of fused-ring (bicyclic) bond motifs is 1. The molecule has 0 radical (unpaired) electrons. The summed E-state index contributed by atoms with van der Waals surface area (Å²) < 4.78 is 40.1. The molecule has 9 heteroatoms. The highest BCUT2D eigenvalue weighted by atomic mass is 19.4. The Bertz CT molecular complexity index is 1330. The summed E-state index contributed by atoms with van der Waals surface area (Å²) in [4.78, 5) is 26.1. The van der Waals surface area contributed by atoms with Crippen LogP contribution in [0.2, 0.25) is 0 Å². The standard InChI is InChI=1S/C24H19F3N4O2/c1-28-22(32)16-5-3-15(4-6-16)20-14-29-31-12-11-17(13-21(20)31)23(33)30(2)19-9-7-18(8-10-19)24(25,26)27/h3-14H,1-2H3,(H,28,32). The number of benzene rings is 2. The van der Waals surface area contributed by atoms with Crippen molar-refractivity contribution >= 4 is 23.0 Å². The summed E-state index contributed by atoms with van der Waals surface area (Å²) in [7, 11) is 3.06. The van der Waals surface area contributed by atoms with E-state index in [9.17, 15) is 22.8 Å². The maximum absolute atomic E-state index is 13.0. The minimum absolute atomic E-state index is 0.194. The number of hydrogen-bond acceptors (Lipinski definition) is 3. The average Bonchev–Trinajstić information content (AvgIpc) is 3.25. The zero-order chi connectivity index (χ0) is 23.8. The lowest BCUT2D eigenvalue weighted by atomic mass is 10.0. The smallest absolute Gasteiger partial charge is 0.355 e. The molecule has 2 aromatic heterocycles. The fraction of sp³-hybridized carbons (Fsp3) is 0.125. The van der Waals surface area contributed by atoms with Gasteiger partial charge >= 0.3 is 6.18 Å². The molecule has 2 heterocycles. The maximum atomic E-state index is 13.0. The average molecular weight is 452 g/mol. The van der Waals surface area contributed by atoms with Crippen molar-refractivity contribution < 1.29 is 22.8 Å². The Morgan fingerprint density at radius 1 is 0.970 bits per heavy atom. The van der Waals surface area contributed by atoms with Gasteiger partial charge in [-0.15, -0.1) is 0 Å². The third-order valence-corrected chi connectivity index (χ3v) is 5.34. The normalized spacial score (nSPS) is 11.4. The molecule has 0 saturated carbocycles. The van der Waals surface area contributed by atoms with Crippen LogP contribution in [-0.2, 0) is 6.18 Å². The Hall–Kier alpha value is -4.14. The lowest BCUT2D eigenvalue weighted by molar-refractivity contribution is -0.137. The van der Waals surface area contributed by atoms with Gasteiger partial charge in [0.25, 0.3) is 11.8 Å². The van der Waals surface area contributed by atoms with Gasteiger partial charge in [-0.05, 0) is 54.1 Å². The van der Waals surface area contributed by atoms with E-state index in [1.165, 1.54) is 24.1 Å². The summed E-state index contributed by atoms with van der Waals surface area (Å²) in [6.45, 7) is 0. The molecule has 0 saturated heterocycles. The summed E-state index contributed by atoms with van der Waals surface area (Å²) in [5.74, 6) is -0.569. The van der Waals surface area contributed by atoms with Gasteiger partial charge in [-0.25, -0.2) is 4.52 Å². The molecule has 1 N–H and O–H groups in total. The Morgan fingerprint density at radius 2 is 1.64 bits per heavy atom. The van der Waals surface area contributed by atoms with Crippen LogP contribution < -0.4 is 10.2 Å². The minimum atomic E-state index is -4.44. The minimum Gasteiger partial charge on any atom is -0.355 e. The van der Waals surface area contributed by atoms with E-state index in [1.54, 1.807) is 60.4 Å². The first-order valence-corrected chi connectivity index (χ1v) is 9.94. The number of hydrogen-bond donors (Lipinski definition) is 1. The fourth-order valence-corrected chi connectivity index (χ4v) is 3.47. The van der Waals surface area contributed by atoms with E-state index in [-0.39, 0.29) is 11.8 Å². The van der Waals surface area contributed by atoms with Crippen molar-refractivity contribution in [2.75, 3.05) is 19.0 Å². The van der Waals surface area contributed by atoms with E-state index in [2.05, 4.69) is 10.4 Å². The van der Waals surface area contributed by atoms with Crippen molar-refractivity contribution in [3.8, 4) is 11.1 Å². The highest BCUT2D eigenvalue weighted by Gasteiger charge is 2.30. The Labute approximate surface area is 187 Å². The van der Waals surface area contributed by atoms with E-state index >= 15 is 0 Å². The Balaban J connectivity index is 1.64. The van der Waals surface area contributed by atoms with E-state index in [0.717, 1.165) is 23.3 Å². The van der Waals surface area contributed by atoms with E-state index in [0.29, 0.717) is 22.3 Å². The number of pyridine rings is 1. The van der Waals surface area contributed by atoms with Crippen LogP contribution in [0.5, 0.6) is 0 Å². The predicted molar refractivity (Wildman–Crippen MR) is 118 cm³/mol. The molecule has 0 aliphatic heterocycles. The zero-order valence-corrected chi connectivity index (χ0v) is 17.7. The van der Waals surface area contributed by atoms with Crippen LogP contribution in [0, 0.1) is 0 Å². The van der Waals surface area contributed by atoms with E-state index < -0.39 is 11.7 Å². The van der Waals surface area contributed by atoms with Crippen LogP contribution in [0.4, 0.5) is 18.9 Å². The van der Waals surface area contributed by atoms with Crippen LogP contribution >= 0.6 is 0 Å². The van der Waals surface area contributed by atoms with Crippen molar-refractivity contribution in [1.29, 1.82) is 0 Å². The summed E-state index contributed by atoms with van der Waals surface area (Å²) in [6, 6.07) is 14.7. The lowest BCUT2D eigenvalue weighted by Crippen LogP contribution is -2.26. The number of anilines is 1. The highest BCUT2D eigenvalue weighted by Crippen LogP contribution is 2.31. The van der Waals surface area contributed by atoms with Crippen molar-refractivity contribution in [3.05, 3.63) is 89.7 Å². The molecule has 33 heavy (non-hydrogen) atoms. The number of carbonyl (C=O) groups is 2. The van der Waals surface area contributed by atoms with Crippen molar-refractivity contribution in [3.63, 3.8) is 0 Å². The summed E-state index contributed by atoms with van der Waals surface area (Å²) in [5, 5.41) is 6.88. The number of rotatable bonds is 4. The quantitative estimate of drug-likeness (QED) is 0.490. The second-order valence-corrected chi connectivity index (χ2v) is 7.37. The maximum Gasteiger partial charge on any atom is 0.416 e. The molecule has 4 aromatic rings. The molecule has 6 nitrogen and oxygen atoms in total. The number of amides is 2. The van der Waals surface area contributed by atoms with Crippen LogP contribution in [0.3, 0.4) is 0 Å². The molecular formula is C24H19F3N4O2. The fourth-order valence-electron chi connectivity index (χ4n) is 3.47. The molecule has 0 bridgehead atoms. The molecule has 2 amide bonds. The van der Waals surface area contributed by atoms with E-state index in [1.807, 2.05) is 0 Å². The van der Waals surface area contributed by atoms with Crippen LogP contribution in [0.25, 0.3) is 16.6 Å². The molecular weight excluding hydrogens is 433 g/mol. The number of aromatic nitrogens is 2. The van der Waals surface area contributed by atoms with Gasteiger partial charge in [-0.2, -0.15) is 18.3 Å². The van der Waals surface area contributed by atoms with Gasteiger partial charge in [0, 0.05) is 42.7 Å². The van der Waals surface area contributed by atoms with Crippen LogP contribution in [0.1, 0.15) is 26.3 Å². The number of halogens is 3. The number of nitrogens with zero attached hydrogens (tertiary/aromatic N) is 3. The molecule has 4 rings (SSSR count). The SMILES string of the molecule is CNC(=O)c1ccc(-c2cnn3ccc(C(=O)N(C)c4ccc(C(F)(F)F)cc4)cc23)cc1. The van der Waals surface area contributed by atoms with Gasteiger partial charge in [-0.1, -0.05) is 12.1 Å². The lowest BCUT2D eigenvalue weighted by Gasteiger charge is -2.18. The highest BCUT2D eigenvalue weighted by molar-refractivity contribution is 6.06. The third kappa shape index (κ3) is 4.30. The predicted octanol–water partition coefficient (Wildman–Crippen LogP) is 4.66. The summed E-state index contributed by atoms with van der Waals surface area (Å²) >= 11 is 0. The van der Waals surface area contributed by atoms with Gasteiger partial charge in [0.05, 0.1) is 17.3 Å². The molecule has 2 aromatic carbocycles. The summed E-state index contributed by atoms with van der Waals surface area (Å²) in [6.07, 6.45) is -1.13. The molecule has 0 fully saturated rings. The van der Waals surface area contributed by atoms with E-state index in [4.69, 9.17) is 0 Å². The van der Waals surface area contributed by atoms with Crippen LogP contribution in [-0.4, -0.2) is 35.5 Å². The Kier molecular flexibility index (Phi) is 5.63. The first-order chi connectivity index (χ1) is 15.7. The number of alkyl halides is 3. The van der Waals surface area contributed by atoms with Crippen LogP contribution in [0.15, 0.2) is 73.1 Å². The second kappa shape index (κ2) is 8.42. The van der Waals surface area contributed by atoms with Gasteiger partial charge in [0.15, 0.2) is 0 Å². The molecule has 168 valence electrons. The largest absolute Gasteiger partial charge is 0.416 e. The number of carbonyl (C=O) groups excluding carboxylic acids is 2. The zero-order valence-electron chi connectivity index (χ0n) is 17.7. The van der Waals surface area contributed by atoms with Gasteiger partial charge < -0.3 is 10.2 Å². The molecule has 0 unspecified atom stereocenters. The van der Waals surface area contributed by atoms with Gasteiger partial charge in [0.2, 0.25) is 0 Å². The first-order valence-electron chi connectivity index (χ1n) is 9.94. The third-order valence-electron chi connectivity index (χ3n) is 5.34. The first kappa shape index (κ1) is 22.1. The van der Waals surface area contributed by atoms with Gasteiger partial charge in [0.1, 0.15) is 0 Å². The summed E-state index contributed by atoms with van der Waals surface area (Å²) in [5.41, 5.74) is 2.70. The molecule has 0 spiro atoms. The topological polar surface area (TPSA) is 66.7 Å². The molecule has 0 atom stereocenters. The molecule has 0 aliphatic carbocycles. The van der Waals surface area contributed by atoms with Crippen molar-refractivity contribution in [2.24, 2.45) is 0 Å². The molecule has 0 aliphatic rings. The van der Waals surface area contributed by atoms with Gasteiger partial charge in [-0.3, -0.25) is 9.59 Å². The van der Waals surface area contributed by atoms with Crippen molar-refractivity contribution in [2.45, 2.75) is 6.18 Å². The second-order valence-electron chi connectivity index (χ2n) is 7.37. The monoisotopic (exact) mass is 452 g/mol. The number of nitrogens with one attached hydrogen (secondary N) is 1. The van der Waals surface area contributed by atoms with Crippen molar-refractivity contribution in [1.82, 2.24) is 14.9 Å². The Morgan fingerprint density at radius 3 is 2.24 bits per heavy atom.